The van der Waals surface area contributed by atoms with Crippen molar-refractivity contribution in [1.82, 2.24) is 15.5 Å². The van der Waals surface area contributed by atoms with E-state index in [0.717, 1.165) is 59.0 Å². The van der Waals surface area contributed by atoms with Gasteiger partial charge in [-0.3, -0.25) is 0 Å². The van der Waals surface area contributed by atoms with Crippen LogP contribution in [0, 0.1) is 20.8 Å². The summed E-state index contributed by atoms with van der Waals surface area (Å²) in [7, 11) is 1.79. The van der Waals surface area contributed by atoms with Gasteiger partial charge in [0.15, 0.2) is 0 Å². The molecular formula is C27H35ClN4O4. The summed E-state index contributed by atoms with van der Waals surface area (Å²) in [6, 6.07) is 7.74. The minimum Gasteiger partial charge on any atom is -0.491 e. The first-order chi connectivity index (χ1) is 17.3. The number of anilines is 1. The zero-order valence-electron chi connectivity index (χ0n) is 21.5. The van der Waals surface area contributed by atoms with Crippen LogP contribution in [0.25, 0.3) is 22.4 Å². The maximum atomic E-state index is 10.0. The predicted octanol–water partition coefficient (Wildman–Crippen LogP) is 4.92. The molecule has 3 aromatic rings. The van der Waals surface area contributed by atoms with Crippen molar-refractivity contribution >= 4 is 17.4 Å². The van der Waals surface area contributed by atoms with Gasteiger partial charge in [-0.25, -0.2) is 4.98 Å². The number of hydrogen-bond acceptors (Lipinski definition) is 8. The van der Waals surface area contributed by atoms with Crippen molar-refractivity contribution in [3.8, 4) is 28.1 Å². The highest BCUT2D eigenvalue weighted by molar-refractivity contribution is 6.33. The van der Waals surface area contributed by atoms with Crippen LogP contribution in [0.5, 0.6) is 5.75 Å². The molecule has 4 rings (SSSR count). The molecule has 9 heteroatoms. The molecule has 1 aliphatic heterocycles. The van der Waals surface area contributed by atoms with Gasteiger partial charge in [0.25, 0.3) is 0 Å². The lowest BCUT2D eigenvalue weighted by molar-refractivity contribution is 0.0231. The molecule has 3 heterocycles. The summed E-state index contributed by atoms with van der Waals surface area (Å²) in [5, 5.41) is 21.4. The van der Waals surface area contributed by atoms with Crippen LogP contribution in [0.3, 0.4) is 0 Å². The lowest BCUT2D eigenvalue weighted by Gasteiger charge is -2.29. The van der Waals surface area contributed by atoms with Gasteiger partial charge in [-0.1, -0.05) is 16.8 Å². The van der Waals surface area contributed by atoms with Gasteiger partial charge in [0, 0.05) is 30.3 Å². The average Bonchev–Trinajstić information content (AvgIpc) is 3.18. The number of aromatic nitrogens is 2. The number of pyridine rings is 1. The molecule has 1 fully saturated rings. The molecule has 0 aliphatic carbocycles. The number of rotatable bonds is 9. The first-order valence-electron chi connectivity index (χ1n) is 12.3. The van der Waals surface area contributed by atoms with Crippen molar-refractivity contribution in [2.75, 3.05) is 32.1 Å². The molecular weight excluding hydrogens is 480 g/mol. The highest BCUT2D eigenvalue weighted by Gasteiger charge is 2.24. The highest BCUT2D eigenvalue weighted by Crippen LogP contribution is 2.39. The Morgan fingerprint density at radius 3 is 2.72 bits per heavy atom. The molecule has 3 N–H and O–H groups in total. The van der Waals surface area contributed by atoms with Crippen molar-refractivity contribution in [2.45, 2.75) is 58.8 Å². The van der Waals surface area contributed by atoms with E-state index in [2.05, 4.69) is 29.6 Å². The molecule has 0 radical (unpaired) electrons. The maximum absolute atomic E-state index is 10.0. The van der Waals surface area contributed by atoms with Crippen LogP contribution in [0.15, 0.2) is 28.8 Å². The Labute approximate surface area is 217 Å². The van der Waals surface area contributed by atoms with Crippen LogP contribution in [0.4, 0.5) is 5.82 Å². The van der Waals surface area contributed by atoms with Gasteiger partial charge in [-0.05, 0) is 83.0 Å². The van der Waals surface area contributed by atoms with Gasteiger partial charge < -0.3 is 29.7 Å². The number of aryl methyl sites for hydroxylation is 2. The quantitative estimate of drug-likeness (QED) is 0.370. The van der Waals surface area contributed by atoms with Gasteiger partial charge in [0.2, 0.25) is 0 Å². The van der Waals surface area contributed by atoms with E-state index in [4.69, 9.17) is 30.6 Å². The normalized spacial score (nSPS) is 18.8. The number of aliphatic hydroxyl groups excluding tert-OH is 1. The topological polar surface area (TPSA) is 102 Å². The van der Waals surface area contributed by atoms with Crippen LogP contribution >= 0.6 is 11.6 Å². The summed E-state index contributed by atoms with van der Waals surface area (Å²) in [5.74, 6) is 2.16. The summed E-state index contributed by atoms with van der Waals surface area (Å²) in [5.41, 5.74) is 5.24. The molecule has 2 aromatic heterocycles. The second kappa shape index (κ2) is 11.6. The molecule has 0 saturated carbocycles. The second-order valence-corrected chi connectivity index (χ2v) is 9.85. The Kier molecular flexibility index (Phi) is 8.51. The summed E-state index contributed by atoms with van der Waals surface area (Å²) < 4.78 is 17.1. The lowest BCUT2D eigenvalue weighted by atomic mass is 9.96. The highest BCUT2D eigenvalue weighted by atomic mass is 35.5. The summed E-state index contributed by atoms with van der Waals surface area (Å²) >= 11 is 6.66. The molecule has 1 saturated heterocycles. The lowest BCUT2D eigenvalue weighted by Crippen LogP contribution is -2.33. The molecule has 0 unspecified atom stereocenters. The Morgan fingerprint density at radius 1 is 1.22 bits per heavy atom. The van der Waals surface area contributed by atoms with E-state index in [-0.39, 0.29) is 18.8 Å². The van der Waals surface area contributed by atoms with E-state index in [1.807, 2.05) is 26.0 Å². The van der Waals surface area contributed by atoms with E-state index in [1.54, 1.807) is 19.2 Å². The van der Waals surface area contributed by atoms with E-state index in [1.165, 1.54) is 0 Å². The Balaban J connectivity index is 1.76. The first kappa shape index (κ1) is 26.4. The Morgan fingerprint density at radius 2 is 2.03 bits per heavy atom. The standard InChI is InChI=1S/C27H35ClN4O4/c1-15-10-19(8-9-34-15)30-27-16(2)22(26-17(3)32-36-18(26)4)12-25(31-27)23-11-21(6-7-24(23)28)35-14-20(33)13-29-5/h6-7,11-12,15,19-20,29,33H,8-10,13-14H2,1-5H3,(H,30,31)/t15-,19-,20-/m1/s1. The fourth-order valence-electron chi connectivity index (χ4n) is 4.61. The number of hydrogen-bond donors (Lipinski definition) is 3. The molecule has 0 amide bonds. The smallest absolute Gasteiger partial charge is 0.141 e. The molecule has 0 spiro atoms. The third-order valence-corrected chi connectivity index (χ3v) is 6.83. The second-order valence-electron chi connectivity index (χ2n) is 9.44. The summed E-state index contributed by atoms with van der Waals surface area (Å²) in [6.07, 6.45) is 1.40. The van der Waals surface area contributed by atoms with Crippen LogP contribution in [-0.4, -0.2) is 60.3 Å². The third-order valence-electron chi connectivity index (χ3n) is 6.50. The van der Waals surface area contributed by atoms with Gasteiger partial charge in [0.1, 0.15) is 30.0 Å². The first-order valence-corrected chi connectivity index (χ1v) is 12.7. The van der Waals surface area contributed by atoms with E-state index < -0.39 is 6.10 Å². The minimum absolute atomic E-state index is 0.169. The molecule has 0 bridgehead atoms. The Bertz CT molecular complexity index is 1180. The zero-order chi connectivity index (χ0) is 25.8. The number of benzene rings is 1. The molecule has 194 valence electrons. The molecule has 1 aliphatic rings. The van der Waals surface area contributed by atoms with Crippen LogP contribution in [0.2, 0.25) is 5.02 Å². The maximum Gasteiger partial charge on any atom is 0.141 e. The van der Waals surface area contributed by atoms with Gasteiger partial charge in [0.05, 0.1) is 22.5 Å². The van der Waals surface area contributed by atoms with Gasteiger partial charge in [-0.2, -0.15) is 0 Å². The van der Waals surface area contributed by atoms with Crippen LogP contribution in [0.1, 0.15) is 36.8 Å². The van der Waals surface area contributed by atoms with E-state index in [0.29, 0.717) is 23.0 Å². The molecule has 1 aromatic carbocycles. The van der Waals surface area contributed by atoms with Crippen molar-refractivity contribution < 1.29 is 19.1 Å². The minimum atomic E-state index is -0.615. The van der Waals surface area contributed by atoms with Crippen molar-refractivity contribution in [1.29, 1.82) is 0 Å². The molecule has 3 atom stereocenters. The Hall–Kier alpha value is -2.65. The van der Waals surface area contributed by atoms with Crippen LogP contribution < -0.4 is 15.4 Å². The number of halogens is 1. The number of aliphatic hydroxyl groups is 1. The van der Waals surface area contributed by atoms with Gasteiger partial charge >= 0.3 is 0 Å². The number of ether oxygens (including phenoxy) is 2. The summed E-state index contributed by atoms with van der Waals surface area (Å²) in [6.45, 7) is 9.35. The number of nitrogens with zero attached hydrogens (tertiary/aromatic N) is 2. The van der Waals surface area contributed by atoms with Crippen molar-refractivity contribution in [2.24, 2.45) is 0 Å². The SMILES string of the molecule is CNC[C@@H](O)COc1ccc(Cl)c(-c2cc(-c3c(C)noc3C)c(C)c(N[C@@H]3CCO[C@H](C)C3)n2)c1. The summed E-state index contributed by atoms with van der Waals surface area (Å²) in [4.78, 5) is 5.02. The van der Waals surface area contributed by atoms with Crippen molar-refractivity contribution in [3.63, 3.8) is 0 Å². The van der Waals surface area contributed by atoms with Gasteiger partial charge in [-0.15, -0.1) is 0 Å². The zero-order valence-corrected chi connectivity index (χ0v) is 22.3. The largest absolute Gasteiger partial charge is 0.491 e. The monoisotopic (exact) mass is 514 g/mol. The van der Waals surface area contributed by atoms with E-state index in [9.17, 15) is 5.11 Å². The van der Waals surface area contributed by atoms with E-state index >= 15 is 0 Å². The van der Waals surface area contributed by atoms with Crippen LogP contribution in [-0.2, 0) is 4.74 Å². The third kappa shape index (κ3) is 6.00. The number of likely N-dealkylation sites (N-methyl/N-ethyl adjacent to an activating group) is 1. The average molecular weight is 515 g/mol. The molecule has 36 heavy (non-hydrogen) atoms. The molecule has 8 nitrogen and oxygen atoms in total. The fourth-order valence-corrected chi connectivity index (χ4v) is 4.83. The number of nitrogens with one attached hydrogen (secondary N) is 2. The van der Waals surface area contributed by atoms with Crippen molar-refractivity contribution in [3.05, 3.63) is 46.3 Å². The predicted molar refractivity (Wildman–Crippen MR) is 142 cm³/mol. The fraction of sp³-hybridized carbons (Fsp3) is 0.481.